The first-order valence-corrected chi connectivity index (χ1v) is 11.8. The van der Waals surface area contributed by atoms with E-state index in [2.05, 4.69) is 16.3 Å². The first kappa shape index (κ1) is 21.2. The van der Waals surface area contributed by atoms with Crippen molar-refractivity contribution < 1.29 is 18.7 Å². The normalized spacial score (nSPS) is 24.9. The molecule has 3 fully saturated rings. The first-order valence-electron chi connectivity index (χ1n) is 11.8. The molecule has 0 saturated carbocycles. The van der Waals surface area contributed by atoms with Crippen LogP contribution in [-0.4, -0.2) is 53.1 Å². The van der Waals surface area contributed by atoms with E-state index in [0.29, 0.717) is 41.5 Å². The number of halogens is 1. The van der Waals surface area contributed by atoms with Gasteiger partial charge in [0.25, 0.3) is 5.91 Å². The van der Waals surface area contributed by atoms with Crippen LogP contribution in [0.3, 0.4) is 0 Å². The third kappa shape index (κ3) is 3.81. The summed E-state index contributed by atoms with van der Waals surface area (Å²) in [5, 5.41) is 7.82. The SMILES string of the molecule is Cn1nc(-c2ccc(F)cc2)cc1[C@H]1CN2CC[C@H]1C[C@@H]2CNC(=O)c1ccc2c(c1)OCO2. The van der Waals surface area contributed by atoms with Crippen LogP contribution in [0.5, 0.6) is 11.5 Å². The van der Waals surface area contributed by atoms with Crippen LogP contribution in [0.2, 0.25) is 0 Å². The molecule has 3 aromatic rings. The fraction of sp³-hybridized carbons (Fsp3) is 0.385. The largest absolute Gasteiger partial charge is 0.454 e. The van der Waals surface area contributed by atoms with Gasteiger partial charge in [-0.1, -0.05) is 0 Å². The third-order valence-electron chi connectivity index (χ3n) is 7.45. The van der Waals surface area contributed by atoms with Crippen molar-refractivity contribution in [1.29, 1.82) is 0 Å². The summed E-state index contributed by atoms with van der Waals surface area (Å²) in [7, 11) is 1.99. The molecule has 34 heavy (non-hydrogen) atoms. The monoisotopic (exact) mass is 462 g/mol. The van der Waals surface area contributed by atoms with Gasteiger partial charge < -0.3 is 14.8 Å². The van der Waals surface area contributed by atoms with Crippen LogP contribution in [0.1, 0.15) is 34.8 Å². The van der Waals surface area contributed by atoms with Crippen molar-refractivity contribution in [2.45, 2.75) is 24.8 Å². The number of ether oxygens (including phenoxy) is 2. The number of benzene rings is 2. The molecule has 1 N–H and O–H groups in total. The molecule has 7 rings (SSSR count). The van der Waals surface area contributed by atoms with Gasteiger partial charge in [-0.25, -0.2) is 4.39 Å². The molecular weight excluding hydrogens is 435 g/mol. The van der Waals surface area contributed by atoms with Crippen molar-refractivity contribution in [2.24, 2.45) is 13.0 Å². The van der Waals surface area contributed by atoms with Crippen LogP contribution in [0.4, 0.5) is 4.39 Å². The Hall–Kier alpha value is -3.39. The molecule has 0 aliphatic carbocycles. The van der Waals surface area contributed by atoms with Crippen LogP contribution in [-0.2, 0) is 7.05 Å². The molecule has 7 nitrogen and oxygen atoms in total. The van der Waals surface area contributed by atoms with E-state index in [1.54, 1.807) is 30.3 Å². The minimum Gasteiger partial charge on any atom is -0.454 e. The fourth-order valence-corrected chi connectivity index (χ4v) is 5.63. The third-order valence-corrected chi connectivity index (χ3v) is 7.45. The van der Waals surface area contributed by atoms with Crippen LogP contribution in [0, 0.1) is 11.7 Å². The van der Waals surface area contributed by atoms with E-state index in [9.17, 15) is 9.18 Å². The van der Waals surface area contributed by atoms with Crippen molar-refractivity contribution in [1.82, 2.24) is 20.0 Å². The second kappa shape index (κ2) is 8.43. The number of nitrogens with zero attached hydrogens (tertiary/aromatic N) is 3. The lowest BCUT2D eigenvalue weighted by Crippen LogP contribution is -2.56. The van der Waals surface area contributed by atoms with Crippen LogP contribution in [0.15, 0.2) is 48.5 Å². The smallest absolute Gasteiger partial charge is 0.251 e. The van der Waals surface area contributed by atoms with E-state index in [1.165, 1.54) is 17.8 Å². The van der Waals surface area contributed by atoms with E-state index >= 15 is 0 Å². The van der Waals surface area contributed by atoms with Gasteiger partial charge in [0.15, 0.2) is 11.5 Å². The molecule has 8 heteroatoms. The minimum absolute atomic E-state index is 0.0897. The Morgan fingerprint density at radius 3 is 2.76 bits per heavy atom. The maximum absolute atomic E-state index is 13.3. The highest BCUT2D eigenvalue weighted by atomic mass is 19.1. The highest BCUT2D eigenvalue weighted by Gasteiger charge is 2.42. The fourth-order valence-electron chi connectivity index (χ4n) is 5.63. The van der Waals surface area contributed by atoms with Crippen molar-refractivity contribution in [2.75, 3.05) is 26.4 Å². The summed E-state index contributed by atoms with van der Waals surface area (Å²) < 4.78 is 26.0. The molecule has 0 spiro atoms. The summed E-state index contributed by atoms with van der Waals surface area (Å²) in [6.45, 7) is 2.83. The predicted molar refractivity (Wildman–Crippen MR) is 124 cm³/mol. The zero-order chi connectivity index (χ0) is 23.2. The van der Waals surface area contributed by atoms with Gasteiger partial charge in [0.05, 0.1) is 5.69 Å². The maximum Gasteiger partial charge on any atom is 0.251 e. The lowest BCUT2D eigenvalue weighted by molar-refractivity contribution is 0.0280. The van der Waals surface area contributed by atoms with E-state index in [-0.39, 0.29) is 18.5 Å². The molecule has 2 bridgehead atoms. The summed E-state index contributed by atoms with van der Waals surface area (Å²) in [5.41, 5.74) is 3.60. The van der Waals surface area contributed by atoms with E-state index in [1.807, 2.05) is 11.7 Å². The molecule has 3 saturated heterocycles. The zero-order valence-electron chi connectivity index (χ0n) is 19.0. The number of aryl methyl sites for hydroxylation is 1. The van der Waals surface area contributed by atoms with E-state index in [4.69, 9.17) is 14.6 Å². The number of amides is 1. The number of fused-ring (bicyclic) bond motifs is 4. The lowest BCUT2D eigenvalue weighted by atomic mass is 9.74. The molecule has 2 aromatic carbocycles. The number of hydrogen-bond acceptors (Lipinski definition) is 5. The number of nitrogens with one attached hydrogen (secondary N) is 1. The molecule has 176 valence electrons. The highest BCUT2D eigenvalue weighted by molar-refractivity contribution is 5.95. The predicted octanol–water partition coefficient (Wildman–Crippen LogP) is 3.56. The molecule has 0 radical (unpaired) electrons. The summed E-state index contributed by atoms with van der Waals surface area (Å²) in [6, 6.07) is 14.3. The van der Waals surface area contributed by atoms with Gasteiger partial charge in [-0.15, -0.1) is 0 Å². The van der Waals surface area contributed by atoms with Crippen LogP contribution >= 0.6 is 0 Å². The topological polar surface area (TPSA) is 68.6 Å². The van der Waals surface area contributed by atoms with Gasteiger partial charge >= 0.3 is 0 Å². The Labute approximate surface area is 197 Å². The number of rotatable bonds is 5. The number of piperidine rings is 3. The summed E-state index contributed by atoms with van der Waals surface area (Å²) in [5.74, 6) is 1.92. The highest BCUT2D eigenvalue weighted by Crippen LogP contribution is 2.42. The van der Waals surface area contributed by atoms with Gasteiger partial charge in [-0.05, 0) is 73.8 Å². The van der Waals surface area contributed by atoms with Crippen molar-refractivity contribution in [3.05, 3.63) is 65.6 Å². The maximum atomic E-state index is 13.3. The average molecular weight is 463 g/mol. The van der Waals surface area contributed by atoms with Gasteiger partial charge in [0.1, 0.15) is 5.82 Å². The molecule has 4 aliphatic rings. The minimum atomic E-state index is -0.242. The van der Waals surface area contributed by atoms with Gasteiger partial charge in [0.2, 0.25) is 6.79 Å². The quantitative estimate of drug-likeness (QED) is 0.628. The summed E-state index contributed by atoms with van der Waals surface area (Å²) in [6.07, 6.45) is 2.19. The summed E-state index contributed by atoms with van der Waals surface area (Å²) >= 11 is 0. The number of aromatic nitrogens is 2. The Bertz CT molecular complexity index is 1230. The Balaban J connectivity index is 1.11. The van der Waals surface area contributed by atoms with Crippen LogP contribution < -0.4 is 14.8 Å². The molecule has 1 amide bonds. The molecule has 1 aromatic heterocycles. The standard InChI is InChI=1S/C26H27FN4O3/c1-30-23(12-22(29-30)16-2-5-19(27)6-3-16)21-14-31-9-8-17(21)10-20(31)13-28-26(32)18-4-7-24-25(11-18)34-15-33-24/h2-7,11-12,17,20-21H,8-10,13-15H2,1H3,(H,28,32)/t17-,20+,21-/m0/s1. The zero-order valence-corrected chi connectivity index (χ0v) is 19.0. The van der Waals surface area contributed by atoms with Gasteiger partial charge in [-0.2, -0.15) is 5.10 Å². The van der Waals surface area contributed by atoms with Crippen molar-refractivity contribution in [3.63, 3.8) is 0 Å². The van der Waals surface area contributed by atoms with Crippen LogP contribution in [0.25, 0.3) is 11.3 Å². The Morgan fingerprint density at radius 1 is 1.15 bits per heavy atom. The second-order valence-electron chi connectivity index (χ2n) is 9.40. The number of carbonyl (C=O) groups excluding carboxylic acids is 1. The molecule has 4 atom stereocenters. The molecule has 1 unspecified atom stereocenters. The summed E-state index contributed by atoms with van der Waals surface area (Å²) in [4.78, 5) is 15.2. The van der Waals surface area contributed by atoms with E-state index < -0.39 is 0 Å². The van der Waals surface area contributed by atoms with E-state index in [0.717, 1.165) is 37.2 Å². The molecule has 4 aliphatic heterocycles. The Morgan fingerprint density at radius 2 is 1.97 bits per heavy atom. The van der Waals surface area contributed by atoms with Crippen molar-refractivity contribution >= 4 is 5.91 Å². The first-order chi connectivity index (χ1) is 16.5. The number of carbonyl (C=O) groups is 1. The van der Waals surface area contributed by atoms with Gasteiger partial charge in [0, 0.05) is 48.9 Å². The molecule has 5 heterocycles. The average Bonchev–Trinajstić information content (AvgIpc) is 3.49. The molecular formula is C26H27FN4O3. The number of hydrogen-bond donors (Lipinski definition) is 1. The van der Waals surface area contributed by atoms with Gasteiger partial charge in [-0.3, -0.25) is 14.4 Å². The second-order valence-corrected chi connectivity index (χ2v) is 9.40. The lowest BCUT2D eigenvalue weighted by Gasteiger charge is -2.50. The van der Waals surface area contributed by atoms with Crippen molar-refractivity contribution in [3.8, 4) is 22.8 Å². The Kier molecular flexibility index (Phi) is 5.25.